The molecule has 3 aromatic heterocycles. The monoisotopic (exact) mass is 448 g/mol. The van der Waals surface area contributed by atoms with Crippen LogP contribution >= 0.6 is 11.3 Å². The van der Waals surface area contributed by atoms with Gasteiger partial charge in [0.1, 0.15) is 6.04 Å². The van der Waals surface area contributed by atoms with Crippen molar-refractivity contribution in [2.75, 3.05) is 11.9 Å². The third-order valence-electron chi connectivity index (χ3n) is 5.82. The summed E-state index contributed by atoms with van der Waals surface area (Å²) in [6, 6.07) is 9.25. The summed E-state index contributed by atoms with van der Waals surface area (Å²) in [6.45, 7) is 6.46. The van der Waals surface area contributed by atoms with E-state index in [1.165, 1.54) is 11.3 Å². The molecule has 1 aliphatic rings. The van der Waals surface area contributed by atoms with Gasteiger partial charge < -0.3 is 10.2 Å². The molecule has 1 unspecified atom stereocenters. The van der Waals surface area contributed by atoms with Gasteiger partial charge in [0.2, 0.25) is 5.91 Å². The molecule has 164 valence electrons. The van der Waals surface area contributed by atoms with Crippen molar-refractivity contribution >= 4 is 49.5 Å². The number of aromatic nitrogens is 4. The van der Waals surface area contributed by atoms with Gasteiger partial charge in [-0.15, -0.1) is 0 Å². The number of carbonyl (C=O) groups is 2. The van der Waals surface area contributed by atoms with Crippen LogP contribution in [0.15, 0.2) is 36.5 Å². The van der Waals surface area contributed by atoms with E-state index in [2.05, 4.69) is 20.4 Å². The van der Waals surface area contributed by atoms with E-state index in [-0.39, 0.29) is 17.9 Å². The van der Waals surface area contributed by atoms with E-state index in [1.54, 1.807) is 11.1 Å². The van der Waals surface area contributed by atoms with E-state index >= 15 is 0 Å². The Hall–Kier alpha value is -3.33. The number of benzene rings is 1. The van der Waals surface area contributed by atoms with E-state index in [0.717, 1.165) is 27.7 Å². The van der Waals surface area contributed by atoms with Crippen LogP contribution in [0.3, 0.4) is 0 Å². The molecule has 2 amide bonds. The lowest BCUT2D eigenvalue weighted by Crippen LogP contribution is -2.43. The molecule has 9 heteroatoms. The molecule has 5 rings (SSSR count). The Kier molecular flexibility index (Phi) is 5.13. The van der Waals surface area contributed by atoms with Crippen LogP contribution in [0.2, 0.25) is 0 Å². The fraction of sp³-hybridized carbons (Fsp3) is 0.348. The zero-order valence-electron chi connectivity index (χ0n) is 18.2. The highest BCUT2D eigenvalue weighted by Crippen LogP contribution is 2.28. The highest BCUT2D eigenvalue weighted by molar-refractivity contribution is 7.22. The maximum absolute atomic E-state index is 13.4. The third kappa shape index (κ3) is 3.52. The molecule has 1 fully saturated rings. The zero-order valence-corrected chi connectivity index (χ0v) is 19.0. The molecule has 0 saturated carbocycles. The lowest BCUT2D eigenvalue weighted by Gasteiger charge is -2.24. The van der Waals surface area contributed by atoms with Crippen molar-refractivity contribution in [1.29, 1.82) is 0 Å². The second kappa shape index (κ2) is 7.98. The summed E-state index contributed by atoms with van der Waals surface area (Å²) < 4.78 is 2.86. The lowest BCUT2D eigenvalue weighted by atomic mass is 10.1. The number of carbonyl (C=O) groups excluding carboxylic acids is 2. The third-order valence-corrected chi connectivity index (χ3v) is 6.77. The van der Waals surface area contributed by atoms with E-state index in [0.29, 0.717) is 29.4 Å². The topological polar surface area (TPSA) is 93.0 Å². The maximum Gasteiger partial charge on any atom is 0.256 e. The number of para-hydroxylation sites is 1. The fourth-order valence-electron chi connectivity index (χ4n) is 4.21. The summed E-state index contributed by atoms with van der Waals surface area (Å²) in [5.41, 5.74) is 2.77. The normalized spacial score (nSPS) is 16.4. The smallest absolute Gasteiger partial charge is 0.256 e. The number of thiazole rings is 1. The Labute approximate surface area is 189 Å². The van der Waals surface area contributed by atoms with Gasteiger partial charge in [0.15, 0.2) is 10.8 Å². The number of hydrogen-bond acceptors (Lipinski definition) is 6. The number of aryl methyl sites for hydroxylation is 1. The number of pyridine rings is 1. The van der Waals surface area contributed by atoms with Crippen molar-refractivity contribution < 1.29 is 9.59 Å². The Bertz CT molecular complexity index is 1310. The number of nitrogens with one attached hydrogen (secondary N) is 1. The Balaban J connectivity index is 1.39. The summed E-state index contributed by atoms with van der Waals surface area (Å²) >= 11 is 1.43. The molecule has 0 radical (unpaired) electrons. The van der Waals surface area contributed by atoms with Crippen LogP contribution in [0.4, 0.5) is 5.13 Å². The second-order valence-electron chi connectivity index (χ2n) is 8.35. The first kappa shape index (κ1) is 20.6. The predicted molar refractivity (Wildman–Crippen MR) is 125 cm³/mol. The first-order valence-electron chi connectivity index (χ1n) is 10.7. The van der Waals surface area contributed by atoms with Crippen LogP contribution in [0.5, 0.6) is 0 Å². The minimum absolute atomic E-state index is 0.170. The number of hydrogen-bond donors (Lipinski definition) is 1. The predicted octanol–water partition coefficient (Wildman–Crippen LogP) is 4.17. The van der Waals surface area contributed by atoms with Crippen LogP contribution in [-0.4, -0.2) is 49.0 Å². The molecule has 0 spiro atoms. The van der Waals surface area contributed by atoms with Crippen molar-refractivity contribution in [3.63, 3.8) is 0 Å². The summed E-state index contributed by atoms with van der Waals surface area (Å²) in [5.74, 6) is -0.370. The zero-order chi connectivity index (χ0) is 22.4. The van der Waals surface area contributed by atoms with Gasteiger partial charge in [0, 0.05) is 18.0 Å². The van der Waals surface area contributed by atoms with Gasteiger partial charge in [-0.25, -0.2) is 14.6 Å². The maximum atomic E-state index is 13.4. The van der Waals surface area contributed by atoms with Gasteiger partial charge in [-0.1, -0.05) is 23.5 Å². The highest BCUT2D eigenvalue weighted by atomic mass is 32.1. The average molecular weight is 449 g/mol. The summed E-state index contributed by atoms with van der Waals surface area (Å²) in [7, 11) is 0. The minimum Gasteiger partial charge on any atom is -0.327 e. The summed E-state index contributed by atoms with van der Waals surface area (Å²) in [4.78, 5) is 37.3. The van der Waals surface area contributed by atoms with Crippen molar-refractivity contribution in [2.24, 2.45) is 0 Å². The first-order chi connectivity index (χ1) is 15.4. The molecule has 1 saturated heterocycles. The molecule has 0 aliphatic carbocycles. The SMILES string of the molecule is Cc1nc2c(cnn2C(C)C)cc1C(=O)N1CCCC1C(=O)Nc1nc2ccccc2s1. The van der Waals surface area contributed by atoms with Gasteiger partial charge in [0.25, 0.3) is 5.91 Å². The van der Waals surface area contributed by atoms with E-state index in [4.69, 9.17) is 0 Å². The molecule has 1 N–H and O–H groups in total. The van der Waals surface area contributed by atoms with Gasteiger partial charge in [0.05, 0.1) is 27.7 Å². The molecule has 4 aromatic rings. The molecule has 32 heavy (non-hydrogen) atoms. The van der Waals surface area contributed by atoms with Gasteiger partial charge in [-0.3, -0.25) is 9.59 Å². The molecule has 1 aromatic carbocycles. The Morgan fingerprint density at radius 1 is 1.22 bits per heavy atom. The van der Waals surface area contributed by atoms with Crippen molar-refractivity contribution in [2.45, 2.75) is 45.7 Å². The van der Waals surface area contributed by atoms with Crippen molar-refractivity contribution in [1.82, 2.24) is 24.6 Å². The largest absolute Gasteiger partial charge is 0.327 e. The summed E-state index contributed by atoms with van der Waals surface area (Å²) in [6.07, 6.45) is 3.14. The molecule has 4 heterocycles. The number of likely N-dealkylation sites (tertiary alicyclic amines) is 1. The van der Waals surface area contributed by atoms with E-state index in [9.17, 15) is 9.59 Å². The minimum atomic E-state index is -0.525. The van der Waals surface area contributed by atoms with Crippen LogP contribution in [0.1, 0.15) is 48.8 Å². The van der Waals surface area contributed by atoms with E-state index < -0.39 is 6.04 Å². The standard InChI is InChI=1S/C23H24N6O2S/c1-13(2)29-20-15(12-24-29)11-16(14(3)25-20)22(31)28-10-6-8-18(28)21(30)27-23-26-17-7-4-5-9-19(17)32-23/h4-5,7,9,11-13,18H,6,8,10H2,1-3H3,(H,26,27,30). The Morgan fingerprint density at radius 3 is 2.81 bits per heavy atom. The van der Waals surface area contributed by atoms with Gasteiger partial charge >= 0.3 is 0 Å². The molecular weight excluding hydrogens is 424 g/mol. The highest BCUT2D eigenvalue weighted by Gasteiger charge is 2.35. The molecule has 8 nitrogen and oxygen atoms in total. The van der Waals surface area contributed by atoms with Gasteiger partial charge in [-0.05, 0) is 51.8 Å². The number of rotatable bonds is 4. The van der Waals surface area contributed by atoms with Crippen molar-refractivity contribution in [3.05, 3.63) is 47.8 Å². The average Bonchev–Trinajstić information content (AvgIpc) is 3.49. The van der Waals surface area contributed by atoms with Crippen LogP contribution in [-0.2, 0) is 4.79 Å². The second-order valence-corrected chi connectivity index (χ2v) is 9.38. The van der Waals surface area contributed by atoms with Gasteiger partial charge in [-0.2, -0.15) is 5.10 Å². The van der Waals surface area contributed by atoms with Crippen molar-refractivity contribution in [3.8, 4) is 0 Å². The van der Waals surface area contributed by atoms with Crippen LogP contribution in [0.25, 0.3) is 21.3 Å². The number of fused-ring (bicyclic) bond motifs is 2. The molecule has 1 aliphatic heterocycles. The van der Waals surface area contributed by atoms with E-state index in [1.807, 2.05) is 55.8 Å². The fourth-order valence-corrected chi connectivity index (χ4v) is 5.08. The summed E-state index contributed by atoms with van der Waals surface area (Å²) in [5, 5.41) is 8.69. The first-order valence-corrected chi connectivity index (χ1v) is 11.6. The number of amides is 2. The number of nitrogens with zero attached hydrogens (tertiary/aromatic N) is 5. The number of anilines is 1. The van der Waals surface area contributed by atoms with Crippen LogP contribution < -0.4 is 5.32 Å². The van der Waals surface area contributed by atoms with Crippen LogP contribution in [0, 0.1) is 6.92 Å². The Morgan fingerprint density at radius 2 is 2.03 bits per heavy atom. The lowest BCUT2D eigenvalue weighted by molar-refractivity contribution is -0.119. The molecule has 1 atom stereocenters. The molecule has 0 bridgehead atoms. The molecular formula is C23H24N6O2S. The quantitative estimate of drug-likeness (QED) is 0.506.